The quantitative estimate of drug-likeness (QED) is 0.850. The van der Waals surface area contributed by atoms with Crippen LogP contribution >= 0.6 is 0 Å². The van der Waals surface area contributed by atoms with E-state index in [0.29, 0.717) is 12.1 Å². The Morgan fingerprint density at radius 2 is 1.67 bits per heavy atom. The highest BCUT2D eigenvalue weighted by Crippen LogP contribution is 2.16. The molecule has 2 aromatic rings. The number of nitrogens with two attached hydrogens (primary N) is 1. The Hall–Kier alpha value is -2.03. The summed E-state index contributed by atoms with van der Waals surface area (Å²) in [5, 5.41) is 0. The number of benzene rings is 1. The monoisotopic (exact) mass is 242 g/mol. The van der Waals surface area contributed by atoms with Gasteiger partial charge < -0.3 is 10.7 Å². The lowest BCUT2D eigenvalue weighted by Crippen LogP contribution is -2.15. The van der Waals surface area contributed by atoms with E-state index in [0.717, 1.165) is 11.3 Å². The highest BCUT2D eigenvalue weighted by Gasteiger charge is 2.06. The fourth-order valence-electron chi connectivity index (χ4n) is 2.30. The third-order valence-corrected chi connectivity index (χ3v) is 2.97. The standard InChI is InChI=1S/C15H18N2O/c1-9-4-10(2)6-12(5-9)8-13-7-11(3)17-15(18)14(13)16/h4-7H,8,16H2,1-3H3,(H,17,18). The molecule has 0 aliphatic carbocycles. The van der Waals surface area contributed by atoms with E-state index < -0.39 is 0 Å². The van der Waals surface area contributed by atoms with E-state index >= 15 is 0 Å². The second-order valence-electron chi connectivity index (χ2n) is 4.89. The van der Waals surface area contributed by atoms with Crippen molar-refractivity contribution in [3.05, 3.63) is 62.6 Å². The second kappa shape index (κ2) is 4.69. The topological polar surface area (TPSA) is 58.9 Å². The molecule has 0 saturated carbocycles. The largest absolute Gasteiger partial charge is 0.394 e. The van der Waals surface area contributed by atoms with Crippen LogP contribution in [0.25, 0.3) is 0 Å². The van der Waals surface area contributed by atoms with E-state index in [9.17, 15) is 4.79 Å². The second-order valence-corrected chi connectivity index (χ2v) is 4.89. The molecule has 2 rings (SSSR count). The van der Waals surface area contributed by atoms with Crippen LogP contribution in [0.5, 0.6) is 0 Å². The zero-order valence-electron chi connectivity index (χ0n) is 11.0. The Morgan fingerprint density at radius 1 is 1.06 bits per heavy atom. The maximum absolute atomic E-state index is 11.6. The molecule has 1 aromatic heterocycles. The van der Waals surface area contributed by atoms with Gasteiger partial charge in [0.1, 0.15) is 5.69 Å². The first kappa shape index (κ1) is 12.4. The first-order chi connectivity index (χ1) is 8.45. The van der Waals surface area contributed by atoms with Crippen molar-refractivity contribution in [3.8, 4) is 0 Å². The number of rotatable bonds is 2. The molecule has 3 N–H and O–H groups in total. The van der Waals surface area contributed by atoms with Gasteiger partial charge in [-0.3, -0.25) is 4.79 Å². The molecule has 0 atom stereocenters. The van der Waals surface area contributed by atoms with Gasteiger partial charge in [0, 0.05) is 5.69 Å². The summed E-state index contributed by atoms with van der Waals surface area (Å²) in [6, 6.07) is 8.33. The average molecular weight is 242 g/mol. The minimum atomic E-state index is -0.200. The van der Waals surface area contributed by atoms with Gasteiger partial charge in [-0.15, -0.1) is 0 Å². The van der Waals surface area contributed by atoms with Crippen molar-refractivity contribution in [3.63, 3.8) is 0 Å². The fraction of sp³-hybridized carbons (Fsp3) is 0.267. The minimum absolute atomic E-state index is 0.200. The molecule has 0 amide bonds. The normalized spacial score (nSPS) is 10.6. The molecule has 0 aliphatic rings. The average Bonchev–Trinajstić information content (AvgIpc) is 2.23. The molecule has 3 heteroatoms. The first-order valence-electron chi connectivity index (χ1n) is 6.01. The molecule has 18 heavy (non-hydrogen) atoms. The van der Waals surface area contributed by atoms with E-state index in [4.69, 9.17) is 5.73 Å². The maximum atomic E-state index is 11.6. The number of aromatic nitrogens is 1. The molecule has 1 aromatic carbocycles. The van der Waals surface area contributed by atoms with Gasteiger partial charge in [0.15, 0.2) is 0 Å². The van der Waals surface area contributed by atoms with Crippen molar-refractivity contribution in [1.82, 2.24) is 4.98 Å². The fourth-order valence-corrected chi connectivity index (χ4v) is 2.30. The molecule has 0 unspecified atom stereocenters. The van der Waals surface area contributed by atoms with Gasteiger partial charge in [0.25, 0.3) is 5.56 Å². The summed E-state index contributed by atoms with van der Waals surface area (Å²) < 4.78 is 0. The number of aryl methyl sites for hydroxylation is 3. The van der Waals surface area contributed by atoms with Crippen molar-refractivity contribution in [2.45, 2.75) is 27.2 Å². The van der Waals surface area contributed by atoms with E-state index in [1.54, 1.807) is 0 Å². The smallest absolute Gasteiger partial charge is 0.271 e. The van der Waals surface area contributed by atoms with Crippen LogP contribution in [0.2, 0.25) is 0 Å². The van der Waals surface area contributed by atoms with E-state index in [2.05, 4.69) is 37.0 Å². The van der Waals surface area contributed by atoms with Crippen LogP contribution in [0.3, 0.4) is 0 Å². The maximum Gasteiger partial charge on any atom is 0.271 e. The van der Waals surface area contributed by atoms with Gasteiger partial charge in [0.05, 0.1) is 0 Å². The molecule has 0 saturated heterocycles. The lowest BCUT2D eigenvalue weighted by molar-refractivity contribution is 1.08. The first-order valence-corrected chi connectivity index (χ1v) is 6.01. The van der Waals surface area contributed by atoms with Crippen LogP contribution < -0.4 is 11.3 Å². The Bertz CT molecular complexity index is 621. The van der Waals surface area contributed by atoms with Crippen LogP contribution in [0, 0.1) is 20.8 Å². The zero-order valence-corrected chi connectivity index (χ0v) is 11.0. The van der Waals surface area contributed by atoms with E-state index in [1.807, 2.05) is 13.0 Å². The van der Waals surface area contributed by atoms with Crippen LogP contribution in [0.1, 0.15) is 27.9 Å². The molecule has 0 radical (unpaired) electrons. The molecule has 1 heterocycles. The van der Waals surface area contributed by atoms with Crippen LogP contribution in [0.15, 0.2) is 29.1 Å². The molecular weight excluding hydrogens is 224 g/mol. The van der Waals surface area contributed by atoms with Gasteiger partial charge >= 0.3 is 0 Å². The highest BCUT2D eigenvalue weighted by molar-refractivity contribution is 5.48. The summed E-state index contributed by atoms with van der Waals surface area (Å²) in [5.41, 5.74) is 11.3. The number of nitrogens with one attached hydrogen (secondary N) is 1. The van der Waals surface area contributed by atoms with Gasteiger partial charge in [0.2, 0.25) is 0 Å². The van der Waals surface area contributed by atoms with Gasteiger partial charge in [-0.25, -0.2) is 0 Å². The lowest BCUT2D eigenvalue weighted by atomic mass is 10.00. The number of aromatic amines is 1. The number of pyridine rings is 1. The highest BCUT2D eigenvalue weighted by atomic mass is 16.1. The molecule has 3 nitrogen and oxygen atoms in total. The minimum Gasteiger partial charge on any atom is -0.394 e. The molecule has 0 bridgehead atoms. The predicted octanol–water partition coefficient (Wildman–Crippen LogP) is 2.47. The van der Waals surface area contributed by atoms with Gasteiger partial charge in [-0.1, -0.05) is 29.3 Å². The third-order valence-electron chi connectivity index (χ3n) is 2.97. The van der Waals surface area contributed by atoms with Crippen molar-refractivity contribution < 1.29 is 0 Å². The van der Waals surface area contributed by atoms with Crippen molar-refractivity contribution in [2.24, 2.45) is 0 Å². The Balaban J connectivity index is 2.42. The molecule has 94 valence electrons. The van der Waals surface area contributed by atoms with Gasteiger partial charge in [-0.2, -0.15) is 0 Å². The molecule has 0 fully saturated rings. The number of anilines is 1. The summed E-state index contributed by atoms with van der Waals surface area (Å²) in [6.07, 6.45) is 0.694. The van der Waals surface area contributed by atoms with Crippen molar-refractivity contribution in [1.29, 1.82) is 0 Å². The molecule has 0 spiro atoms. The number of nitrogen functional groups attached to an aromatic ring is 1. The van der Waals surface area contributed by atoms with Crippen LogP contribution in [-0.2, 0) is 6.42 Å². The van der Waals surface area contributed by atoms with E-state index in [-0.39, 0.29) is 5.56 Å². The molecular formula is C15H18N2O. The van der Waals surface area contributed by atoms with Crippen molar-refractivity contribution >= 4 is 5.69 Å². The summed E-state index contributed by atoms with van der Waals surface area (Å²) >= 11 is 0. The van der Waals surface area contributed by atoms with E-state index in [1.165, 1.54) is 16.7 Å². The predicted molar refractivity (Wildman–Crippen MR) is 74.9 cm³/mol. The van der Waals surface area contributed by atoms with Gasteiger partial charge in [-0.05, 0) is 44.4 Å². The zero-order chi connectivity index (χ0) is 13.3. The lowest BCUT2D eigenvalue weighted by Gasteiger charge is -2.08. The van der Waals surface area contributed by atoms with Crippen LogP contribution in [-0.4, -0.2) is 4.98 Å². The summed E-state index contributed by atoms with van der Waals surface area (Å²) in [6.45, 7) is 6.01. The van der Waals surface area contributed by atoms with Crippen molar-refractivity contribution in [2.75, 3.05) is 5.73 Å². The number of hydrogen-bond acceptors (Lipinski definition) is 2. The SMILES string of the molecule is Cc1cc(C)cc(Cc2cc(C)[nH]c(=O)c2N)c1. The molecule has 0 aliphatic heterocycles. The number of H-pyrrole nitrogens is 1. The summed E-state index contributed by atoms with van der Waals surface area (Å²) in [7, 11) is 0. The summed E-state index contributed by atoms with van der Waals surface area (Å²) in [5.74, 6) is 0. The Kier molecular flexibility index (Phi) is 3.24. The third kappa shape index (κ3) is 2.62. The summed E-state index contributed by atoms with van der Waals surface area (Å²) in [4.78, 5) is 14.3. The Labute approximate surface area is 107 Å². The number of hydrogen-bond donors (Lipinski definition) is 2. The Morgan fingerprint density at radius 3 is 2.28 bits per heavy atom. The van der Waals surface area contributed by atoms with Crippen LogP contribution in [0.4, 0.5) is 5.69 Å².